The maximum absolute atomic E-state index is 13.6. The van der Waals surface area contributed by atoms with Crippen LogP contribution in [-0.2, 0) is 14.3 Å². The molecule has 1 aliphatic carbocycles. The highest BCUT2D eigenvalue weighted by molar-refractivity contribution is 8.04. The number of urea groups is 1. The van der Waals surface area contributed by atoms with E-state index in [1.54, 1.807) is 0 Å². The molecular weight excluding hydrogens is 518 g/mol. The van der Waals surface area contributed by atoms with Gasteiger partial charge in [0.05, 0.1) is 29.5 Å². The molecule has 0 spiro atoms. The van der Waals surface area contributed by atoms with Gasteiger partial charge in [0.15, 0.2) is 0 Å². The summed E-state index contributed by atoms with van der Waals surface area (Å²) in [5.41, 5.74) is 2.51. The Balaban J connectivity index is 1.21. The molecule has 3 unspecified atom stereocenters. The van der Waals surface area contributed by atoms with Crippen molar-refractivity contribution in [1.82, 2.24) is 21.3 Å². The average Bonchev–Trinajstić information content (AvgIpc) is 3.67. The number of amides is 4. The van der Waals surface area contributed by atoms with Gasteiger partial charge in [-0.25, -0.2) is 4.79 Å². The minimum Gasteiger partial charge on any atom is -0.488 e. The van der Waals surface area contributed by atoms with Crippen LogP contribution in [-0.4, -0.2) is 67.2 Å². The third kappa shape index (κ3) is 5.03. The molecule has 4 fully saturated rings. The van der Waals surface area contributed by atoms with Crippen LogP contribution in [0, 0.1) is 12.8 Å². The van der Waals surface area contributed by atoms with Gasteiger partial charge in [-0.15, -0.1) is 0 Å². The first-order chi connectivity index (χ1) is 18.9. The number of anilines is 1. The fourth-order valence-corrected chi connectivity index (χ4v) is 7.85. The van der Waals surface area contributed by atoms with Crippen molar-refractivity contribution in [1.29, 1.82) is 0 Å². The Morgan fingerprint density at radius 1 is 1.21 bits per heavy atom. The van der Waals surface area contributed by atoms with Crippen LogP contribution in [0.15, 0.2) is 41.5 Å². The Bertz CT molecular complexity index is 1210. The first kappa shape index (κ1) is 26.2. The molecule has 0 aromatic heterocycles. The van der Waals surface area contributed by atoms with Gasteiger partial charge in [0.1, 0.15) is 11.9 Å². The van der Waals surface area contributed by atoms with E-state index in [2.05, 4.69) is 27.8 Å². The van der Waals surface area contributed by atoms with Crippen molar-refractivity contribution in [3.8, 4) is 5.75 Å². The van der Waals surface area contributed by atoms with Crippen molar-refractivity contribution in [2.24, 2.45) is 5.92 Å². The molecule has 6 rings (SSSR count). The van der Waals surface area contributed by atoms with Crippen LogP contribution >= 0.6 is 11.8 Å². The van der Waals surface area contributed by atoms with E-state index >= 15 is 0 Å². The Kier molecular flexibility index (Phi) is 7.30. The van der Waals surface area contributed by atoms with Gasteiger partial charge in [-0.1, -0.05) is 18.3 Å². The molecule has 5 aliphatic rings. The number of hydrogen-bond donors (Lipinski definition) is 4. The zero-order valence-corrected chi connectivity index (χ0v) is 22.9. The predicted octanol–water partition coefficient (Wildman–Crippen LogP) is 2.29. The van der Waals surface area contributed by atoms with Crippen LogP contribution < -0.4 is 30.9 Å². The topological polar surface area (TPSA) is 121 Å². The minimum atomic E-state index is -0.237. The standard InChI is InChI=1S/C28H35N5O5S/c1-3-22(34)30-18-5-4-6-19(18)31-26(35)25-24-23-21(9-11-29-27(23)39-25)33(28(36)32-24)20-8-7-16(13-15(20)2)38-17-10-12-37-14-17/h3,7-8,13,17-19,21,23,27,29H,1,4-6,9-12,14H2,2H3,(H,30,34)(H,31,35)(H,32,36)/t17-,18-,19+,21?,23?,27?/m0/s1. The monoisotopic (exact) mass is 553 g/mol. The van der Waals surface area contributed by atoms with Crippen LogP contribution in [0.4, 0.5) is 10.5 Å². The second-order valence-electron chi connectivity index (χ2n) is 10.8. The lowest BCUT2D eigenvalue weighted by Gasteiger charge is -2.46. The van der Waals surface area contributed by atoms with Crippen molar-refractivity contribution < 1.29 is 23.9 Å². The summed E-state index contributed by atoms with van der Waals surface area (Å²) in [7, 11) is 0. The molecule has 3 saturated heterocycles. The Morgan fingerprint density at radius 2 is 2.03 bits per heavy atom. The second kappa shape index (κ2) is 10.9. The minimum absolute atomic E-state index is 0.00674. The number of nitrogens with zero attached hydrogens (tertiary/aromatic N) is 1. The quantitative estimate of drug-likeness (QED) is 0.383. The zero-order chi connectivity index (χ0) is 27.1. The van der Waals surface area contributed by atoms with Crippen LogP contribution in [0.5, 0.6) is 5.75 Å². The number of rotatable bonds is 7. The van der Waals surface area contributed by atoms with E-state index in [1.807, 2.05) is 30.0 Å². The van der Waals surface area contributed by atoms with E-state index in [0.29, 0.717) is 17.2 Å². The Hall–Kier alpha value is -3.02. The second-order valence-corrected chi connectivity index (χ2v) is 12.0. The van der Waals surface area contributed by atoms with Gasteiger partial charge < -0.3 is 30.7 Å². The van der Waals surface area contributed by atoms with E-state index in [1.165, 1.54) is 17.8 Å². The maximum Gasteiger partial charge on any atom is 0.326 e. The number of carbonyl (C=O) groups is 3. The van der Waals surface area contributed by atoms with Crippen molar-refractivity contribution in [2.45, 2.75) is 68.6 Å². The molecular formula is C28H35N5O5S. The summed E-state index contributed by atoms with van der Waals surface area (Å²) < 4.78 is 11.5. The number of carbonyl (C=O) groups excluding carboxylic acids is 3. The summed E-state index contributed by atoms with van der Waals surface area (Å²) in [4.78, 5) is 41.3. The van der Waals surface area contributed by atoms with E-state index in [0.717, 1.165) is 62.3 Å². The Morgan fingerprint density at radius 3 is 2.77 bits per heavy atom. The van der Waals surface area contributed by atoms with Crippen molar-refractivity contribution >= 4 is 35.3 Å². The molecule has 4 heterocycles. The smallest absolute Gasteiger partial charge is 0.326 e. The molecule has 39 heavy (non-hydrogen) atoms. The van der Waals surface area contributed by atoms with Crippen LogP contribution in [0.1, 0.15) is 37.7 Å². The lowest BCUT2D eigenvalue weighted by molar-refractivity contribution is -0.119. The molecule has 1 aromatic carbocycles. The molecule has 4 N–H and O–H groups in total. The lowest BCUT2D eigenvalue weighted by atomic mass is 9.86. The molecule has 0 bridgehead atoms. The number of aryl methyl sites for hydroxylation is 1. The fraction of sp³-hybridized carbons (Fsp3) is 0.536. The number of nitrogens with one attached hydrogen (secondary N) is 4. The van der Waals surface area contributed by atoms with Crippen LogP contribution in [0.2, 0.25) is 0 Å². The molecule has 11 heteroatoms. The van der Waals surface area contributed by atoms with E-state index in [9.17, 15) is 14.4 Å². The third-order valence-electron chi connectivity index (χ3n) is 8.31. The first-order valence-corrected chi connectivity index (χ1v) is 14.6. The normalized spacial score (nSPS) is 31.5. The average molecular weight is 554 g/mol. The van der Waals surface area contributed by atoms with E-state index in [-0.39, 0.29) is 53.4 Å². The molecule has 1 aromatic rings. The highest BCUT2D eigenvalue weighted by Gasteiger charge is 2.52. The highest BCUT2D eigenvalue weighted by atomic mass is 32.2. The van der Waals surface area contributed by atoms with Gasteiger partial charge in [-0.05, 0) is 69.0 Å². The summed E-state index contributed by atoms with van der Waals surface area (Å²) >= 11 is 1.49. The van der Waals surface area contributed by atoms with Gasteiger partial charge in [-0.3, -0.25) is 14.5 Å². The largest absolute Gasteiger partial charge is 0.488 e. The third-order valence-corrected chi connectivity index (χ3v) is 9.67. The van der Waals surface area contributed by atoms with Gasteiger partial charge in [-0.2, -0.15) is 0 Å². The Labute approximate surface area is 232 Å². The molecule has 10 nitrogen and oxygen atoms in total. The number of hydrogen-bond acceptors (Lipinski definition) is 7. The summed E-state index contributed by atoms with van der Waals surface area (Å²) in [5.74, 6) is 0.307. The zero-order valence-electron chi connectivity index (χ0n) is 22.0. The SMILES string of the molecule is C=CC(=O)N[C@H]1CCC[C@H]1NC(=O)C1=C2NC(=O)N(c3ccc(O[C@H]4CCOC4)cc3C)C3CCNC(S1)C23. The summed E-state index contributed by atoms with van der Waals surface area (Å²) in [5, 5.41) is 12.7. The number of ether oxygens (including phenoxy) is 2. The number of piperidine rings is 1. The van der Waals surface area contributed by atoms with Crippen LogP contribution in [0.3, 0.4) is 0 Å². The van der Waals surface area contributed by atoms with Crippen molar-refractivity contribution in [3.05, 3.63) is 47.0 Å². The summed E-state index contributed by atoms with van der Waals surface area (Å²) in [6.07, 6.45) is 5.49. The van der Waals surface area contributed by atoms with Crippen molar-refractivity contribution in [2.75, 3.05) is 24.7 Å². The number of thioether (sulfide) groups is 1. The predicted molar refractivity (Wildman–Crippen MR) is 148 cm³/mol. The highest BCUT2D eigenvalue weighted by Crippen LogP contribution is 2.48. The number of benzene rings is 1. The lowest BCUT2D eigenvalue weighted by Crippen LogP contribution is -2.62. The molecule has 1 saturated carbocycles. The molecule has 208 valence electrons. The van der Waals surface area contributed by atoms with Gasteiger partial charge in [0.2, 0.25) is 5.91 Å². The fourth-order valence-electron chi connectivity index (χ4n) is 6.45. The van der Waals surface area contributed by atoms with Crippen LogP contribution in [0.25, 0.3) is 0 Å². The van der Waals surface area contributed by atoms with Crippen molar-refractivity contribution in [3.63, 3.8) is 0 Å². The molecule has 0 radical (unpaired) electrons. The molecule has 4 aliphatic heterocycles. The maximum atomic E-state index is 13.6. The van der Waals surface area contributed by atoms with E-state index in [4.69, 9.17) is 9.47 Å². The first-order valence-electron chi connectivity index (χ1n) is 13.8. The van der Waals surface area contributed by atoms with Gasteiger partial charge >= 0.3 is 6.03 Å². The summed E-state index contributed by atoms with van der Waals surface area (Å²) in [6.45, 7) is 7.59. The molecule has 6 atom stereocenters. The van der Waals surface area contributed by atoms with E-state index < -0.39 is 0 Å². The van der Waals surface area contributed by atoms with Gasteiger partial charge in [0, 0.05) is 35.8 Å². The summed E-state index contributed by atoms with van der Waals surface area (Å²) in [6, 6.07) is 5.28. The van der Waals surface area contributed by atoms with Gasteiger partial charge in [0.25, 0.3) is 5.91 Å². The molecule has 4 amide bonds.